The van der Waals surface area contributed by atoms with Gasteiger partial charge in [0.2, 0.25) is 0 Å². The van der Waals surface area contributed by atoms with E-state index in [0.29, 0.717) is 6.42 Å². The maximum absolute atomic E-state index is 12.5. The molecule has 0 amide bonds. The number of rotatable bonds is 4. The molecule has 108 valence electrons. The average Bonchev–Trinajstić information content (AvgIpc) is 2.76. The second-order valence-corrected chi connectivity index (χ2v) is 5.00. The zero-order valence-electron chi connectivity index (χ0n) is 10.6. The number of nitrogens with zero attached hydrogens (tertiary/aromatic N) is 2. The molecule has 0 unspecified atom stereocenters. The fourth-order valence-corrected chi connectivity index (χ4v) is 2.31. The Balaban J connectivity index is 2.04. The summed E-state index contributed by atoms with van der Waals surface area (Å²) in [6.07, 6.45) is -2.99. The normalized spacial score (nSPS) is 11.6. The van der Waals surface area contributed by atoms with Gasteiger partial charge in [-0.1, -0.05) is 0 Å². The van der Waals surface area contributed by atoms with Gasteiger partial charge in [-0.15, -0.1) is 11.3 Å². The number of hydrogen-bond acceptors (Lipinski definition) is 5. The van der Waals surface area contributed by atoms with Gasteiger partial charge in [-0.05, 0) is 6.92 Å². The molecule has 0 aliphatic rings. The van der Waals surface area contributed by atoms with Crippen molar-refractivity contribution in [2.75, 3.05) is 12.3 Å². The minimum absolute atomic E-state index is 0.00510. The van der Waals surface area contributed by atoms with Crippen molar-refractivity contribution in [1.29, 1.82) is 0 Å². The molecule has 0 aliphatic heterocycles. The van der Waals surface area contributed by atoms with Crippen LogP contribution in [0.4, 0.5) is 18.9 Å². The number of halogens is 3. The van der Waals surface area contributed by atoms with E-state index >= 15 is 0 Å². The summed E-state index contributed by atoms with van der Waals surface area (Å²) in [5.74, 6) is -0.00510. The topological polar surface area (TPSA) is 61.0 Å². The molecule has 8 heteroatoms. The molecule has 0 atom stereocenters. The lowest BCUT2D eigenvalue weighted by Gasteiger charge is -2.11. The maximum Gasteiger partial charge on any atom is 0.433 e. The summed E-state index contributed by atoms with van der Waals surface area (Å²) >= 11 is 1.48. The summed E-state index contributed by atoms with van der Waals surface area (Å²) in [6, 6.07) is 0.814. The van der Waals surface area contributed by atoms with E-state index in [4.69, 9.17) is 10.5 Å². The van der Waals surface area contributed by atoms with Gasteiger partial charge in [-0.25, -0.2) is 9.97 Å². The van der Waals surface area contributed by atoms with E-state index in [1.165, 1.54) is 11.3 Å². The highest BCUT2D eigenvalue weighted by Crippen LogP contribution is 2.32. The highest BCUT2D eigenvalue weighted by Gasteiger charge is 2.33. The van der Waals surface area contributed by atoms with Crippen LogP contribution < -0.4 is 10.5 Å². The number of aromatic nitrogens is 2. The number of aryl methyl sites for hydroxylation is 1. The molecule has 0 aromatic carbocycles. The summed E-state index contributed by atoms with van der Waals surface area (Å²) in [5, 5.41) is 0. The van der Waals surface area contributed by atoms with Gasteiger partial charge in [0.05, 0.1) is 29.7 Å². The fourth-order valence-electron chi connectivity index (χ4n) is 1.55. The first-order valence-corrected chi connectivity index (χ1v) is 6.60. The molecule has 2 aromatic rings. The van der Waals surface area contributed by atoms with Gasteiger partial charge in [0, 0.05) is 17.4 Å². The lowest BCUT2D eigenvalue weighted by Crippen LogP contribution is -2.10. The first kappa shape index (κ1) is 14.6. The molecule has 0 saturated carbocycles. The zero-order valence-corrected chi connectivity index (χ0v) is 11.4. The Hall–Kier alpha value is -1.83. The number of alkyl halides is 3. The van der Waals surface area contributed by atoms with Crippen LogP contribution >= 0.6 is 11.3 Å². The van der Waals surface area contributed by atoms with Crippen LogP contribution in [0.15, 0.2) is 17.8 Å². The Bertz CT molecular complexity index is 598. The summed E-state index contributed by atoms with van der Waals surface area (Å²) in [7, 11) is 0. The van der Waals surface area contributed by atoms with Crippen molar-refractivity contribution < 1.29 is 17.9 Å². The van der Waals surface area contributed by atoms with E-state index in [0.717, 1.165) is 22.8 Å². The van der Waals surface area contributed by atoms with E-state index < -0.39 is 11.9 Å². The monoisotopic (exact) mass is 303 g/mol. The Kier molecular flexibility index (Phi) is 4.12. The Labute approximate surface area is 117 Å². The molecule has 0 fully saturated rings. The first-order valence-electron chi connectivity index (χ1n) is 5.72. The zero-order chi connectivity index (χ0) is 14.8. The number of nitrogens with two attached hydrogens (primary N) is 1. The third-order valence-corrected chi connectivity index (χ3v) is 3.61. The van der Waals surface area contributed by atoms with E-state index in [-0.39, 0.29) is 18.0 Å². The predicted molar refractivity (Wildman–Crippen MR) is 69.7 cm³/mol. The van der Waals surface area contributed by atoms with Gasteiger partial charge in [-0.2, -0.15) is 13.2 Å². The van der Waals surface area contributed by atoms with E-state index in [9.17, 15) is 13.2 Å². The third kappa shape index (κ3) is 3.38. The third-order valence-electron chi connectivity index (χ3n) is 2.62. The van der Waals surface area contributed by atoms with Gasteiger partial charge in [0.1, 0.15) is 11.4 Å². The second-order valence-electron chi connectivity index (χ2n) is 4.06. The number of pyridine rings is 1. The standard InChI is InChI=1S/C12H12F3N3OS/c1-7-10(20-6-18-7)2-3-19-9-4-11(12(13,14)15)17-5-8(9)16/h4-6H,2-3,16H2,1H3. The predicted octanol–water partition coefficient (Wildman–Crippen LogP) is 3.07. The molecule has 0 aliphatic carbocycles. The van der Waals surface area contributed by atoms with Crippen LogP contribution in [0, 0.1) is 6.92 Å². The largest absolute Gasteiger partial charge is 0.491 e. The van der Waals surface area contributed by atoms with Gasteiger partial charge in [0.25, 0.3) is 0 Å². The van der Waals surface area contributed by atoms with Crippen molar-refractivity contribution in [1.82, 2.24) is 9.97 Å². The fraction of sp³-hybridized carbons (Fsp3) is 0.333. The highest BCUT2D eigenvalue weighted by atomic mass is 32.1. The van der Waals surface area contributed by atoms with Crippen LogP contribution in [-0.4, -0.2) is 16.6 Å². The van der Waals surface area contributed by atoms with Crippen molar-refractivity contribution in [3.8, 4) is 5.75 Å². The molecule has 2 heterocycles. The molecule has 2 N–H and O–H groups in total. The summed E-state index contributed by atoms with van der Waals surface area (Å²) < 4.78 is 42.9. The number of ether oxygens (including phenoxy) is 1. The highest BCUT2D eigenvalue weighted by molar-refractivity contribution is 7.09. The molecule has 2 rings (SSSR count). The van der Waals surface area contributed by atoms with Crippen LogP contribution in [0.5, 0.6) is 5.75 Å². The summed E-state index contributed by atoms with van der Waals surface area (Å²) in [4.78, 5) is 8.37. The number of hydrogen-bond donors (Lipinski definition) is 1. The molecule has 2 aromatic heterocycles. The van der Waals surface area contributed by atoms with E-state index in [1.54, 1.807) is 5.51 Å². The van der Waals surface area contributed by atoms with Gasteiger partial charge < -0.3 is 10.5 Å². The lowest BCUT2D eigenvalue weighted by atomic mass is 10.3. The smallest absolute Gasteiger partial charge is 0.433 e. The van der Waals surface area contributed by atoms with Crippen LogP contribution in [0.1, 0.15) is 16.3 Å². The Morgan fingerprint density at radius 1 is 1.35 bits per heavy atom. The van der Waals surface area contributed by atoms with Gasteiger partial charge in [0.15, 0.2) is 0 Å². The maximum atomic E-state index is 12.5. The van der Waals surface area contributed by atoms with Crippen LogP contribution in [-0.2, 0) is 12.6 Å². The van der Waals surface area contributed by atoms with E-state index in [2.05, 4.69) is 9.97 Å². The van der Waals surface area contributed by atoms with Crippen LogP contribution in [0.2, 0.25) is 0 Å². The Morgan fingerprint density at radius 3 is 2.70 bits per heavy atom. The molecule has 0 spiro atoms. The molecule has 0 bridgehead atoms. The van der Waals surface area contributed by atoms with Crippen molar-refractivity contribution in [3.63, 3.8) is 0 Å². The number of anilines is 1. The van der Waals surface area contributed by atoms with E-state index in [1.807, 2.05) is 6.92 Å². The molecular formula is C12H12F3N3OS. The number of nitrogen functional groups attached to an aromatic ring is 1. The summed E-state index contributed by atoms with van der Waals surface area (Å²) in [6.45, 7) is 2.10. The molecule has 0 saturated heterocycles. The minimum atomic E-state index is -4.51. The molecule has 20 heavy (non-hydrogen) atoms. The average molecular weight is 303 g/mol. The quantitative estimate of drug-likeness (QED) is 0.943. The first-order chi connectivity index (χ1) is 9.38. The van der Waals surface area contributed by atoms with Crippen molar-refractivity contribution in [3.05, 3.63) is 34.0 Å². The van der Waals surface area contributed by atoms with Gasteiger partial charge >= 0.3 is 6.18 Å². The molecular weight excluding hydrogens is 291 g/mol. The molecule has 4 nitrogen and oxygen atoms in total. The second kappa shape index (κ2) is 5.66. The Morgan fingerprint density at radius 2 is 2.10 bits per heavy atom. The van der Waals surface area contributed by atoms with Gasteiger partial charge in [-0.3, -0.25) is 0 Å². The van der Waals surface area contributed by atoms with Crippen molar-refractivity contribution in [2.24, 2.45) is 0 Å². The minimum Gasteiger partial charge on any atom is -0.491 e. The van der Waals surface area contributed by atoms with Crippen molar-refractivity contribution in [2.45, 2.75) is 19.5 Å². The number of thiazole rings is 1. The van der Waals surface area contributed by atoms with Crippen LogP contribution in [0.3, 0.4) is 0 Å². The van der Waals surface area contributed by atoms with Crippen molar-refractivity contribution >= 4 is 17.0 Å². The van der Waals surface area contributed by atoms with Crippen LogP contribution in [0.25, 0.3) is 0 Å². The lowest BCUT2D eigenvalue weighted by molar-refractivity contribution is -0.141. The summed E-state index contributed by atoms with van der Waals surface area (Å²) in [5.41, 5.74) is 7.24. The molecule has 0 radical (unpaired) electrons. The SMILES string of the molecule is Cc1ncsc1CCOc1cc(C(F)(F)F)ncc1N.